The van der Waals surface area contributed by atoms with Crippen LogP contribution in [0.2, 0.25) is 5.15 Å². The number of thiocarbonyl (C=S) groups is 1. The molecule has 1 N–H and O–H groups in total. The van der Waals surface area contributed by atoms with E-state index >= 15 is 0 Å². The van der Waals surface area contributed by atoms with Gasteiger partial charge in [-0.25, -0.2) is 13.2 Å². The highest BCUT2D eigenvalue weighted by Gasteiger charge is 2.44. The lowest BCUT2D eigenvalue weighted by molar-refractivity contribution is -0.118. The molecule has 1 aromatic heterocycles. The molecule has 1 fully saturated rings. The molecule has 1 aromatic carbocycles. The average Bonchev–Trinajstić information content (AvgIpc) is 3.03. The van der Waals surface area contributed by atoms with Crippen molar-refractivity contribution in [2.45, 2.75) is 5.92 Å². The summed E-state index contributed by atoms with van der Waals surface area (Å²) in [5.74, 6) is -6.37. The molecule has 1 aliphatic rings. The maximum Gasteiger partial charge on any atom is 0.235 e. The van der Waals surface area contributed by atoms with Crippen molar-refractivity contribution < 1.29 is 18.0 Å². The summed E-state index contributed by atoms with van der Waals surface area (Å²) < 4.78 is 42.5. The van der Waals surface area contributed by atoms with Crippen LogP contribution in [-0.2, 0) is 11.8 Å². The standard InChI is InChI=1S/C16H13BrClF3N4OS/c1-24-5-6(13-10(17)14(18)23-25(13)2)9(16(24)27)15(26)22-8-4-3-7(19)11(20)12(8)21/h3-4,6,9H,5H2,1-2H3,(H,22,26)/t6-,9-/m0/s1. The molecule has 11 heteroatoms. The van der Waals surface area contributed by atoms with Crippen molar-refractivity contribution in [1.29, 1.82) is 0 Å². The van der Waals surface area contributed by atoms with Crippen molar-refractivity contribution in [2.75, 3.05) is 18.9 Å². The number of rotatable bonds is 3. The van der Waals surface area contributed by atoms with Crippen LogP contribution in [0.5, 0.6) is 0 Å². The fourth-order valence-corrected chi connectivity index (χ4v) is 4.34. The van der Waals surface area contributed by atoms with Gasteiger partial charge in [-0.1, -0.05) is 23.8 Å². The molecule has 27 heavy (non-hydrogen) atoms. The Morgan fingerprint density at radius 3 is 2.59 bits per heavy atom. The van der Waals surface area contributed by atoms with Gasteiger partial charge in [0.15, 0.2) is 22.6 Å². The molecule has 144 valence electrons. The second-order valence-electron chi connectivity index (χ2n) is 6.13. The third kappa shape index (κ3) is 3.45. The number of nitrogens with one attached hydrogen (secondary N) is 1. The lowest BCUT2D eigenvalue weighted by Gasteiger charge is -2.19. The molecule has 0 saturated carbocycles. The summed E-state index contributed by atoms with van der Waals surface area (Å²) in [5, 5.41) is 6.65. The largest absolute Gasteiger partial charge is 0.368 e. The number of aromatic nitrogens is 2. The van der Waals surface area contributed by atoms with Crippen LogP contribution >= 0.6 is 39.7 Å². The molecule has 1 aliphatic heterocycles. The molecule has 3 rings (SSSR count). The van der Waals surface area contributed by atoms with Crippen molar-refractivity contribution in [2.24, 2.45) is 13.0 Å². The Labute approximate surface area is 171 Å². The van der Waals surface area contributed by atoms with Crippen LogP contribution in [0.4, 0.5) is 18.9 Å². The number of aryl methyl sites for hydroxylation is 1. The third-order valence-electron chi connectivity index (χ3n) is 4.43. The van der Waals surface area contributed by atoms with E-state index in [0.717, 1.165) is 12.1 Å². The monoisotopic (exact) mass is 480 g/mol. The fraction of sp³-hybridized carbons (Fsp3) is 0.312. The first-order chi connectivity index (χ1) is 12.6. The highest BCUT2D eigenvalue weighted by Crippen LogP contribution is 2.40. The third-order valence-corrected chi connectivity index (χ3v) is 6.27. The Hall–Kier alpha value is -1.65. The number of anilines is 1. The smallest absolute Gasteiger partial charge is 0.235 e. The summed E-state index contributed by atoms with van der Waals surface area (Å²) in [6, 6.07) is 1.70. The highest BCUT2D eigenvalue weighted by molar-refractivity contribution is 9.10. The van der Waals surface area contributed by atoms with Gasteiger partial charge in [0.1, 0.15) is 0 Å². The SMILES string of the molecule is CN1C[C@H](c2c(Br)c(Cl)nn2C)[C@@H](C(=O)Nc2ccc(F)c(F)c2F)C1=S. The van der Waals surface area contributed by atoms with E-state index in [1.807, 2.05) is 0 Å². The first kappa shape index (κ1) is 20.1. The van der Waals surface area contributed by atoms with Gasteiger partial charge in [0.2, 0.25) is 5.91 Å². The van der Waals surface area contributed by atoms with E-state index in [1.54, 1.807) is 19.0 Å². The Morgan fingerprint density at radius 1 is 1.33 bits per heavy atom. The quantitative estimate of drug-likeness (QED) is 0.534. The molecule has 0 radical (unpaired) electrons. The van der Waals surface area contributed by atoms with Crippen LogP contribution in [0.15, 0.2) is 16.6 Å². The van der Waals surface area contributed by atoms with Gasteiger partial charge < -0.3 is 10.2 Å². The topological polar surface area (TPSA) is 50.2 Å². The zero-order chi connectivity index (χ0) is 20.0. The van der Waals surface area contributed by atoms with E-state index in [2.05, 4.69) is 26.3 Å². The Morgan fingerprint density at radius 2 is 2.00 bits per heavy atom. The predicted octanol–water partition coefficient (Wildman–Crippen LogP) is 3.86. The summed E-state index contributed by atoms with van der Waals surface area (Å²) in [6.45, 7) is 0.408. The number of likely N-dealkylation sites (N-methyl/N-ethyl adjacent to an activating group) is 1. The van der Waals surface area contributed by atoms with Crippen LogP contribution < -0.4 is 5.32 Å². The highest BCUT2D eigenvalue weighted by atomic mass is 79.9. The van der Waals surface area contributed by atoms with Gasteiger partial charge in [0, 0.05) is 26.6 Å². The molecular weight excluding hydrogens is 469 g/mol. The minimum atomic E-state index is -1.66. The van der Waals surface area contributed by atoms with Gasteiger partial charge in [0.05, 0.1) is 26.8 Å². The van der Waals surface area contributed by atoms with E-state index in [1.165, 1.54) is 4.68 Å². The number of halogens is 5. The average molecular weight is 482 g/mol. The number of nitrogens with zero attached hydrogens (tertiary/aromatic N) is 3. The number of likely N-dealkylation sites (tertiary alicyclic amines) is 1. The second kappa shape index (κ2) is 7.40. The van der Waals surface area contributed by atoms with Gasteiger partial charge in [-0.3, -0.25) is 9.48 Å². The lowest BCUT2D eigenvalue weighted by atomic mass is 9.91. The minimum absolute atomic E-state index is 0.235. The van der Waals surface area contributed by atoms with Crippen LogP contribution in [0.1, 0.15) is 11.6 Å². The molecule has 1 amide bonds. The Balaban J connectivity index is 1.96. The van der Waals surface area contributed by atoms with Gasteiger partial charge in [-0.15, -0.1) is 0 Å². The molecule has 0 aliphatic carbocycles. The van der Waals surface area contributed by atoms with Gasteiger partial charge in [-0.05, 0) is 28.1 Å². The van der Waals surface area contributed by atoms with Crippen LogP contribution in [0.3, 0.4) is 0 Å². The fourth-order valence-electron chi connectivity index (χ4n) is 3.15. The molecule has 2 aromatic rings. The minimum Gasteiger partial charge on any atom is -0.368 e. The predicted molar refractivity (Wildman–Crippen MR) is 102 cm³/mol. The maximum atomic E-state index is 13.9. The molecule has 5 nitrogen and oxygen atoms in total. The van der Waals surface area contributed by atoms with E-state index in [0.29, 0.717) is 21.7 Å². The molecule has 2 atom stereocenters. The Kier molecular flexibility index (Phi) is 5.51. The lowest BCUT2D eigenvalue weighted by Crippen LogP contribution is -2.32. The van der Waals surface area contributed by atoms with Crippen molar-refractivity contribution in [3.8, 4) is 0 Å². The number of carbonyl (C=O) groups is 1. The number of carbonyl (C=O) groups excluding carboxylic acids is 1. The van der Waals surface area contributed by atoms with E-state index < -0.39 is 40.9 Å². The molecule has 0 bridgehead atoms. The Bertz CT molecular complexity index is 954. The molecule has 1 saturated heterocycles. The van der Waals surface area contributed by atoms with Crippen molar-refractivity contribution >= 4 is 56.3 Å². The van der Waals surface area contributed by atoms with Gasteiger partial charge >= 0.3 is 0 Å². The summed E-state index contributed by atoms with van der Waals surface area (Å²) in [5.41, 5.74) is 0.190. The normalized spacial score (nSPS) is 19.7. The summed E-state index contributed by atoms with van der Waals surface area (Å²) in [6.07, 6.45) is 0. The van der Waals surface area contributed by atoms with Crippen molar-refractivity contribution in [3.05, 3.63) is 44.9 Å². The summed E-state index contributed by atoms with van der Waals surface area (Å²) in [4.78, 5) is 14.9. The van der Waals surface area contributed by atoms with Crippen LogP contribution in [-0.4, -0.2) is 39.2 Å². The van der Waals surface area contributed by atoms with Crippen LogP contribution in [0, 0.1) is 23.4 Å². The first-order valence-electron chi connectivity index (χ1n) is 7.70. The van der Waals surface area contributed by atoms with E-state index in [9.17, 15) is 18.0 Å². The molecule has 0 spiro atoms. The van der Waals surface area contributed by atoms with E-state index in [4.69, 9.17) is 23.8 Å². The maximum absolute atomic E-state index is 13.9. The zero-order valence-electron chi connectivity index (χ0n) is 14.1. The number of hydrogen-bond acceptors (Lipinski definition) is 3. The van der Waals surface area contributed by atoms with Gasteiger partial charge in [0.25, 0.3) is 0 Å². The van der Waals surface area contributed by atoms with E-state index in [-0.39, 0.29) is 5.15 Å². The molecule has 2 heterocycles. The number of amides is 1. The second-order valence-corrected chi connectivity index (χ2v) is 7.70. The van der Waals surface area contributed by atoms with Crippen LogP contribution in [0.25, 0.3) is 0 Å². The summed E-state index contributed by atoms with van der Waals surface area (Å²) in [7, 11) is 3.41. The number of hydrogen-bond donors (Lipinski definition) is 1. The van der Waals surface area contributed by atoms with Crippen molar-refractivity contribution in [1.82, 2.24) is 14.7 Å². The molecule has 0 unspecified atom stereocenters. The van der Waals surface area contributed by atoms with Gasteiger partial charge in [-0.2, -0.15) is 5.10 Å². The first-order valence-corrected chi connectivity index (χ1v) is 9.28. The summed E-state index contributed by atoms with van der Waals surface area (Å²) >= 11 is 14.8. The number of benzene rings is 1. The zero-order valence-corrected chi connectivity index (χ0v) is 17.2. The van der Waals surface area contributed by atoms with Crippen molar-refractivity contribution in [3.63, 3.8) is 0 Å². The molecular formula is C16H13BrClF3N4OS.